The third-order valence-electron chi connectivity index (χ3n) is 3.72. The van der Waals surface area contributed by atoms with Crippen molar-refractivity contribution in [3.05, 3.63) is 64.8 Å². The Morgan fingerprint density at radius 1 is 1.08 bits per heavy atom. The molecule has 0 aliphatic rings. The Kier molecular flexibility index (Phi) is 5.48. The molecule has 130 valence electrons. The van der Waals surface area contributed by atoms with Gasteiger partial charge in [0.15, 0.2) is 5.43 Å². The van der Waals surface area contributed by atoms with E-state index < -0.39 is 6.10 Å². The largest absolute Gasteiger partial charge is 0.490 e. The van der Waals surface area contributed by atoms with Crippen LogP contribution in [0.5, 0.6) is 5.75 Å². The zero-order chi connectivity index (χ0) is 17.6. The van der Waals surface area contributed by atoms with E-state index in [9.17, 15) is 9.90 Å². The van der Waals surface area contributed by atoms with Crippen molar-refractivity contribution in [3.8, 4) is 17.1 Å². The molecular weight excluding hydrogens is 320 g/mol. The summed E-state index contributed by atoms with van der Waals surface area (Å²) in [6.45, 7) is 2.61. The standard InChI is InChI=1S/C20H20O5/c1-2-23-12-15(21)13-24-17-9-6-10-18-20(17)16(22)11-19(25-18)14-7-4-3-5-8-14/h3-11,15,21H,2,12-13H2,1H3. The Balaban J connectivity index is 1.90. The molecule has 0 saturated heterocycles. The second-order valence-electron chi connectivity index (χ2n) is 5.59. The fourth-order valence-corrected chi connectivity index (χ4v) is 2.53. The number of benzene rings is 2. The van der Waals surface area contributed by atoms with E-state index in [1.54, 1.807) is 18.2 Å². The number of aliphatic hydroxyl groups is 1. The van der Waals surface area contributed by atoms with Gasteiger partial charge in [-0.1, -0.05) is 36.4 Å². The Hall–Kier alpha value is -2.63. The van der Waals surface area contributed by atoms with Gasteiger partial charge in [-0.25, -0.2) is 0 Å². The van der Waals surface area contributed by atoms with Gasteiger partial charge < -0.3 is 19.0 Å². The minimum atomic E-state index is -0.758. The first-order chi connectivity index (χ1) is 12.2. The van der Waals surface area contributed by atoms with Crippen LogP contribution in [0.2, 0.25) is 0 Å². The molecule has 3 aromatic rings. The molecule has 0 saturated carbocycles. The molecule has 1 heterocycles. The van der Waals surface area contributed by atoms with Gasteiger partial charge in [0, 0.05) is 18.2 Å². The van der Waals surface area contributed by atoms with Gasteiger partial charge in [-0.15, -0.1) is 0 Å². The second kappa shape index (κ2) is 7.96. The molecule has 1 unspecified atom stereocenters. The van der Waals surface area contributed by atoms with E-state index in [0.717, 1.165) is 5.56 Å². The smallest absolute Gasteiger partial charge is 0.197 e. The molecule has 0 aliphatic carbocycles. The third-order valence-corrected chi connectivity index (χ3v) is 3.72. The van der Waals surface area contributed by atoms with Gasteiger partial charge in [0.2, 0.25) is 0 Å². The molecule has 1 N–H and O–H groups in total. The van der Waals surface area contributed by atoms with Crippen molar-refractivity contribution in [1.82, 2.24) is 0 Å². The number of rotatable bonds is 7. The van der Waals surface area contributed by atoms with Gasteiger partial charge in [-0.2, -0.15) is 0 Å². The van der Waals surface area contributed by atoms with Crippen LogP contribution in [0.1, 0.15) is 6.92 Å². The highest BCUT2D eigenvalue weighted by Gasteiger charge is 2.13. The minimum absolute atomic E-state index is 0.0407. The lowest BCUT2D eigenvalue weighted by Crippen LogP contribution is -2.23. The lowest BCUT2D eigenvalue weighted by molar-refractivity contribution is 0.0167. The molecule has 1 atom stereocenters. The Morgan fingerprint density at radius 3 is 2.64 bits per heavy atom. The molecule has 25 heavy (non-hydrogen) atoms. The van der Waals surface area contributed by atoms with E-state index >= 15 is 0 Å². The minimum Gasteiger partial charge on any atom is -0.490 e. The number of fused-ring (bicyclic) bond motifs is 1. The summed E-state index contributed by atoms with van der Waals surface area (Å²) in [6.07, 6.45) is -0.758. The SMILES string of the molecule is CCOCC(O)COc1cccc2oc(-c3ccccc3)cc(=O)c12. The van der Waals surface area contributed by atoms with E-state index in [2.05, 4.69) is 0 Å². The average Bonchev–Trinajstić information content (AvgIpc) is 2.65. The number of aliphatic hydroxyl groups excluding tert-OH is 1. The van der Waals surface area contributed by atoms with Crippen LogP contribution in [0.3, 0.4) is 0 Å². The number of hydrogen-bond donors (Lipinski definition) is 1. The maximum atomic E-state index is 12.6. The highest BCUT2D eigenvalue weighted by molar-refractivity contribution is 5.84. The summed E-state index contributed by atoms with van der Waals surface area (Å²) >= 11 is 0. The van der Waals surface area contributed by atoms with Crippen LogP contribution in [-0.4, -0.2) is 31.0 Å². The van der Waals surface area contributed by atoms with Crippen LogP contribution in [0, 0.1) is 0 Å². The molecular formula is C20H20O5. The Morgan fingerprint density at radius 2 is 1.88 bits per heavy atom. The topological polar surface area (TPSA) is 68.9 Å². The summed E-state index contributed by atoms with van der Waals surface area (Å²) in [5.74, 6) is 0.896. The molecule has 0 radical (unpaired) electrons. The van der Waals surface area contributed by atoms with E-state index in [4.69, 9.17) is 13.9 Å². The van der Waals surface area contributed by atoms with Gasteiger partial charge in [0.1, 0.15) is 35.2 Å². The summed E-state index contributed by atoms with van der Waals surface area (Å²) in [6, 6.07) is 16.1. The highest BCUT2D eigenvalue weighted by Crippen LogP contribution is 2.27. The normalized spacial score (nSPS) is 12.2. The molecule has 0 amide bonds. The first-order valence-corrected chi connectivity index (χ1v) is 8.20. The van der Waals surface area contributed by atoms with Gasteiger partial charge in [0.25, 0.3) is 0 Å². The Bertz CT molecular complexity index is 885. The van der Waals surface area contributed by atoms with Crippen LogP contribution in [-0.2, 0) is 4.74 Å². The molecule has 0 fully saturated rings. The van der Waals surface area contributed by atoms with Crippen molar-refractivity contribution >= 4 is 11.0 Å². The molecule has 0 spiro atoms. The number of hydrogen-bond acceptors (Lipinski definition) is 5. The number of ether oxygens (including phenoxy) is 2. The maximum Gasteiger partial charge on any atom is 0.197 e. The van der Waals surface area contributed by atoms with Gasteiger partial charge >= 0.3 is 0 Å². The third kappa shape index (κ3) is 4.07. The van der Waals surface area contributed by atoms with Crippen molar-refractivity contribution in [1.29, 1.82) is 0 Å². The molecule has 5 nitrogen and oxygen atoms in total. The first kappa shape index (κ1) is 17.2. The molecule has 3 rings (SSSR count). The molecule has 1 aromatic heterocycles. The molecule has 0 bridgehead atoms. The second-order valence-corrected chi connectivity index (χ2v) is 5.59. The Labute approximate surface area is 145 Å². The van der Waals surface area contributed by atoms with Crippen molar-refractivity contribution in [2.24, 2.45) is 0 Å². The van der Waals surface area contributed by atoms with E-state index in [1.165, 1.54) is 6.07 Å². The summed E-state index contributed by atoms with van der Waals surface area (Å²) < 4.78 is 16.6. The van der Waals surface area contributed by atoms with Crippen LogP contribution in [0.4, 0.5) is 0 Å². The summed E-state index contributed by atoms with van der Waals surface area (Å²) in [7, 11) is 0. The lowest BCUT2D eigenvalue weighted by atomic mass is 10.1. The zero-order valence-corrected chi connectivity index (χ0v) is 14.0. The van der Waals surface area contributed by atoms with Crippen molar-refractivity contribution in [2.45, 2.75) is 13.0 Å². The van der Waals surface area contributed by atoms with Gasteiger partial charge in [-0.3, -0.25) is 4.79 Å². The van der Waals surface area contributed by atoms with Crippen LogP contribution >= 0.6 is 0 Å². The van der Waals surface area contributed by atoms with E-state index in [1.807, 2.05) is 37.3 Å². The summed E-state index contributed by atoms with van der Waals surface area (Å²) in [5, 5.41) is 10.2. The average molecular weight is 340 g/mol. The van der Waals surface area contributed by atoms with Crippen molar-refractivity contribution < 1.29 is 19.0 Å². The van der Waals surface area contributed by atoms with Gasteiger partial charge in [-0.05, 0) is 19.1 Å². The fraction of sp³-hybridized carbons (Fsp3) is 0.250. The predicted molar refractivity (Wildman–Crippen MR) is 95.9 cm³/mol. The molecule has 5 heteroatoms. The van der Waals surface area contributed by atoms with Crippen LogP contribution in [0.15, 0.2) is 63.8 Å². The molecule has 0 aliphatic heterocycles. The van der Waals surface area contributed by atoms with Crippen LogP contribution < -0.4 is 10.2 Å². The van der Waals surface area contributed by atoms with Crippen LogP contribution in [0.25, 0.3) is 22.3 Å². The lowest BCUT2D eigenvalue weighted by Gasteiger charge is -2.13. The van der Waals surface area contributed by atoms with E-state index in [0.29, 0.717) is 29.1 Å². The van der Waals surface area contributed by atoms with Crippen molar-refractivity contribution in [2.75, 3.05) is 19.8 Å². The summed E-state index contributed by atoms with van der Waals surface area (Å²) in [4.78, 5) is 12.6. The first-order valence-electron chi connectivity index (χ1n) is 8.20. The monoisotopic (exact) mass is 340 g/mol. The maximum absolute atomic E-state index is 12.6. The summed E-state index contributed by atoms with van der Waals surface area (Å²) in [5.41, 5.74) is 1.10. The predicted octanol–water partition coefficient (Wildman–Crippen LogP) is 3.24. The van der Waals surface area contributed by atoms with E-state index in [-0.39, 0.29) is 18.6 Å². The van der Waals surface area contributed by atoms with Gasteiger partial charge in [0.05, 0.1) is 6.61 Å². The highest BCUT2D eigenvalue weighted by atomic mass is 16.5. The van der Waals surface area contributed by atoms with Crippen molar-refractivity contribution in [3.63, 3.8) is 0 Å². The molecule has 2 aromatic carbocycles. The quantitative estimate of drug-likeness (QED) is 0.715. The zero-order valence-electron chi connectivity index (χ0n) is 14.0. The fourth-order valence-electron chi connectivity index (χ4n) is 2.53.